The number of carbonyl (C=O) groups is 2. The van der Waals surface area contributed by atoms with Crippen molar-refractivity contribution in [2.75, 3.05) is 36.4 Å². The highest BCUT2D eigenvalue weighted by Gasteiger charge is 2.22. The van der Waals surface area contributed by atoms with Gasteiger partial charge in [-0.05, 0) is 47.5 Å². The lowest BCUT2D eigenvalue weighted by Gasteiger charge is -2.36. The van der Waals surface area contributed by atoms with Gasteiger partial charge in [0.25, 0.3) is 5.91 Å². The van der Waals surface area contributed by atoms with Crippen molar-refractivity contribution in [1.29, 1.82) is 0 Å². The van der Waals surface area contributed by atoms with Crippen LogP contribution in [-0.2, 0) is 4.79 Å². The third kappa shape index (κ3) is 4.76. The number of amides is 2. The fourth-order valence-corrected chi connectivity index (χ4v) is 4.88. The molecule has 1 aliphatic heterocycles. The van der Waals surface area contributed by atoms with Gasteiger partial charge in [-0.3, -0.25) is 9.59 Å². The van der Waals surface area contributed by atoms with Gasteiger partial charge < -0.3 is 15.1 Å². The average molecular weight is 515 g/mol. The fourth-order valence-electron chi connectivity index (χ4n) is 4.08. The van der Waals surface area contributed by atoms with E-state index < -0.39 is 0 Å². The molecule has 3 aromatic carbocycles. The molecule has 166 valence electrons. The van der Waals surface area contributed by atoms with Gasteiger partial charge in [0, 0.05) is 48.3 Å². The van der Waals surface area contributed by atoms with Gasteiger partial charge in [-0.15, -0.1) is 0 Å². The molecule has 4 rings (SSSR count). The molecule has 1 aliphatic rings. The number of nitrogens with one attached hydrogen (secondary N) is 1. The largest absolute Gasteiger partial charge is 0.367 e. The molecule has 2 amide bonds. The molecule has 7 heteroatoms. The van der Waals surface area contributed by atoms with E-state index >= 15 is 0 Å². The van der Waals surface area contributed by atoms with Gasteiger partial charge in [0.05, 0.1) is 10.7 Å². The van der Waals surface area contributed by atoms with Crippen molar-refractivity contribution in [2.45, 2.75) is 19.8 Å². The third-order valence-corrected chi connectivity index (χ3v) is 6.75. The van der Waals surface area contributed by atoms with Crippen LogP contribution >= 0.6 is 27.5 Å². The zero-order chi connectivity index (χ0) is 22.7. The van der Waals surface area contributed by atoms with Crippen molar-refractivity contribution >= 4 is 61.5 Å². The summed E-state index contributed by atoms with van der Waals surface area (Å²) in [5, 5.41) is 5.42. The highest BCUT2D eigenvalue weighted by molar-refractivity contribution is 9.10. The lowest BCUT2D eigenvalue weighted by Crippen LogP contribution is -2.48. The van der Waals surface area contributed by atoms with E-state index in [-0.39, 0.29) is 11.8 Å². The molecule has 0 atom stereocenters. The first kappa shape index (κ1) is 22.6. The van der Waals surface area contributed by atoms with Crippen LogP contribution in [0.3, 0.4) is 0 Å². The predicted octanol–water partition coefficient (Wildman–Crippen LogP) is 5.96. The Labute approximate surface area is 201 Å². The van der Waals surface area contributed by atoms with Crippen LogP contribution in [-0.4, -0.2) is 42.9 Å². The lowest BCUT2D eigenvalue weighted by molar-refractivity contribution is -0.131. The highest BCUT2D eigenvalue weighted by Crippen LogP contribution is 2.31. The molecule has 0 radical (unpaired) electrons. The minimum atomic E-state index is -0.180. The number of hydrogen-bond donors (Lipinski definition) is 1. The Morgan fingerprint density at radius 3 is 2.44 bits per heavy atom. The van der Waals surface area contributed by atoms with Crippen LogP contribution in [0.1, 0.15) is 30.1 Å². The van der Waals surface area contributed by atoms with Gasteiger partial charge in [0.15, 0.2) is 0 Å². The van der Waals surface area contributed by atoms with E-state index in [9.17, 15) is 9.59 Å². The SMILES string of the molecule is CCCC(=O)N1CCN(c2ccc(NC(=O)c3cccc4c(Br)cccc34)cc2Cl)CC1. The first-order valence-corrected chi connectivity index (χ1v) is 12.0. The molecule has 1 fully saturated rings. The van der Waals surface area contributed by atoms with E-state index in [1.807, 2.05) is 60.4 Å². The zero-order valence-electron chi connectivity index (χ0n) is 17.9. The lowest BCUT2D eigenvalue weighted by atomic mass is 10.0. The van der Waals surface area contributed by atoms with Crippen LogP contribution in [0.4, 0.5) is 11.4 Å². The van der Waals surface area contributed by atoms with Gasteiger partial charge >= 0.3 is 0 Å². The Hall–Kier alpha value is -2.57. The molecular weight excluding hydrogens is 490 g/mol. The number of piperazine rings is 1. The molecule has 1 saturated heterocycles. The Bertz CT molecular complexity index is 1160. The number of hydrogen-bond acceptors (Lipinski definition) is 3. The number of fused-ring (bicyclic) bond motifs is 1. The van der Waals surface area contributed by atoms with Crippen LogP contribution in [0.15, 0.2) is 59.1 Å². The predicted molar refractivity (Wildman–Crippen MR) is 135 cm³/mol. The minimum absolute atomic E-state index is 0.180. The molecule has 0 bridgehead atoms. The maximum absolute atomic E-state index is 13.0. The van der Waals surface area contributed by atoms with Crippen LogP contribution in [0.25, 0.3) is 10.8 Å². The van der Waals surface area contributed by atoms with E-state index in [0.29, 0.717) is 35.8 Å². The van der Waals surface area contributed by atoms with Crippen LogP contribution < -0.4 is 10.2 Å². The molecule has 0 aliphatic carbocycles. The van der Waals surface area contributed by atoms with Crippen molar-refractivity contribution in [1.82, 2.24) is 4.90 Å². The van der Waals surface area contributed by atoms with Gasteiger partial charge in [-0.2, -0.15) is 0 Å². The number of anilines is 2. The number of carbonyl (C=O) groups excluding carboxylic acids is 2. The summed E-state index contributed by atoms with van der Waals surface area (Å²) in [5.41, 5.74) is 2.17. The fraction of sp³-hybridized carbons (Fsp3) is 0.280. The summed E-state index contributed by atoms with van der Waals surface area (Å²) in [6.45, 7) is 4.90. The topological polar surface area (TPSA) is 52.7 Å². The summed E-state index contributed by atoms with van der Waals surface area (Å²) in [7, 11) is 0. The second-order valence-electron chi connectivity index (χ2n) is 7.88. The summed E-state index contributed by atoms with van der Waals surface area (Å²) in [5.74, 6) is 0.0392. The summed E-state index contributed by atoms with van der Waals surface area (Å²) in [6, 6.07) is 17.1. The third-order valence-electron chi connectivity index (χ3n) is 5.76. The molecule has 32 heavy (non-hydrogen) atoms. The van der Waals surface area contributed by atoms with E-state index in [4.69, 9.17) is 11.6 Å². The van der Waals surface area contributed by atoms with Gasteiger partial charge in [0.1, 0.15) is 0 Å². The van der Waals surface area contributed by atoms with E-state index in [1.54, 1.807) is 6.07 Å². The quantitative estimate of drug-likeness (QED) is 0.457. The number of nitrogens with zero attached hydrogens (tertiary/aromatic N) is 2. The summed E-state index contributed by atoms with van der Waals surface area (Å²) in [6.07, 6.45) is 1.47. The summed E-state index contributed by atoms with van der Waals surface area (Å²) in [4.78, 5) is 29.2. The first-order chi connectivity index (χ1) is 15.5. The van der Waals surface area contributed by atoms with E-state index in [1.165, 1.54) is 0 Å². The van der Waals surface area contributed by atoms with Crippen molar-refractivity contribution in [3.8, 4) is 0 Å². The first-order valence-electron chi connectivity index (χ1n) is 10.8. The average Bonchev–Trinajstić information content (AvgIpc) is 2.79. The standard InChI is InChI=1S/C25H25BrClN3O2/c1-2-5-24(31)30-14-12-29(13-15-30)23-11-10-17(16-22(23)27)28-25(32)20-8-3-7-19-18(20)6-4-9-21(19)26/h3-4,6-11,16H,2,5,12-15H2,1H3,(H,28,32). The van der Waals surface area contributed by atoms with Crippen LogP contribution in [0.2, 0.25) is 5.02 Å². The summed E-state index contributed by atoms with van der Waals surface area (Å²) >= 11 is 10.1. The van der Waals surface area contributed by atoms with Gasteiger partial charge in [-0.1, -0.05) is 58.7 Å². The molecular formula is C25H25BrClN3O2. The molecule has 0 spiro atoms. The Morgan fingerprint density at radius 2 is 1.72 bits per heavy atom. The molecule has 0 unspecified atom stereocenters. The molecule has 3 aromatic rings. The molecule has 1 heterocycles. The van der Waals surface area contributed by atoms with Crippen LogP contribution in [0, 0.1) is 0 Å². The normalized spacial score (nSPS) is 14.0. The number of halogens is 2. The van der Waals surface area contributed by atoms with Gasteiger partial charge in [-0.25, -0.2) is 0 Å². The summed E-state index contributed by atoms with van der Waals surface area (Å²) < 4.78 is 0.952. The Balaban J connectivity index is 1.46. The van der Waals surface area contributed by atoms with E-state index in [2.05, 4.69) is 26.1 Å². The van der Waals surface area contributed by atoms with Crippen LogP contribution in [0.5, 0.6) is 0 Å². The number of benzene rings is 3. The molecule has 5 nitrogen and oxygen atoms in total. The molecule has 0 aromatic heterocycles. The smallest absolute Gasteiger partial charge is 0.256 e. The Morgan fingerprint density at radius 1 is 1.00 bits per heavy atom. The van der Waals surface area contributed by atoms with Gasteiger partial charge in [0.2, 0.25) is 5.91 Å². The highest BCUT2D eigenvalue weighted by atomic mass is 79.9. The second kappa shape index (κ2) is 9.92. The number of rotatable bonds is 5. The maximum atomic E-state index is 13.0. The second-order valence-corrected chi connectivity index (χ2v) is 9.14. The van der Waals surface area contributed by atoms with Crippen molar-refractivity contribution < 1.29 is 9.59 Å². The van der Waals surface area contributed by atoms with Crippen molar-refractivity contribution in [3.63, 3.8) is 0 Å². The van der Waals surface area contributed by atoms with E-state index in [0.717, 1.165) is 40.4 Å². The van der Waals surface area contributed by atoms with Crippen molar-refractivity contribution in [3.05, 3.63) is 69.7 Å². The Kier molecular flexibility index (Phi) is 7.01. The van der Waals surface area contributed by atoms with Crippen molar-refractivity contribution in [2.24, 2.45) is 0 Å². The zero-order valence-corrected chi connectivity index (χ0v) is 20.2. The maximum Gasteiger partial charge on any atom is 0.256 e. The minimum Gasteiger partial charge on any atom is -0.367 e. The molecule has 1 N–H and O–H groups in total. The molecule has 0 saturated carbocycles. The monoisotopic (exact) mass is 513 g/mol.